The number of hydrogen-bond acceptors (Lipinski definition) is 4. The summed E-state index contributed by atoms with van der Waals surface area (Å²) in [4.78, 5) is 24.7. The number of ether oxygens (including phenoxy) is 1. The molecule has 0 saturated heterocycles. The highest BCUT2D eigenvalue weighted by Gasteiger charge is 2.20. The number of carbonyl (C=O) groups excluding carboxylic acids is 1. The lowest BCUT2D eigenvalue weighted by atomic mass is 10.2. The summed E-state index contributed by atoms with van der Waals surface area (Å²) < 4.78 is 5.05. The molecule has 1 heterocycles. The number of aliphatic carboxylic acids is 1. The van der Waals surface area contributed by atoms with Crippen LogP contribution in [0.5, 0.6) is 0 Å². The van der Waals surface area contributed by atoms with Gasteiger partial charge in [-0.05, 0) is 19.1 Å². The zero-order valence-electron chi connectivity index (χ0n) is 10.7. The van der Waals surface area contributed by atoms with Crippen LogP contribution in [-0.2, 0) is 20.7 Å². The predicted molar refractivity (Wildman–Crippen MR) is 73.3 cm³/mol. The Labute approximate surface area is 115 Å². The third kappa shape index (κ3) is 5.67. The van der Waals surface area contributed by atoms with E-state index in [0.29, 0.717) is 0 Å². The van der Waals surface area contributed by atoms with Crippen molar-refractivity contribution in [1.29, 1.82) is 0 Å². The van der Waals surface area contributed by atoms with Gasteiger partial charge in [-0.15, -0.1) is 17.9 Å². The van der Waals surface area contributed by atoms with Crippen LogP contribution in [-0.4, -0.2) is 36.2 Å². The average molecular weight is 283 g/mol. The van der Waals surface area contributed by atoms with Crippen LogP contribution < -0.4 is 5.32 Å². The molecule has 1 rings (SSSR count). The number of amides is 1. The van der Waals surface area contributed by atoms with E-state index < -0.39 is 12.0 Å². The molecule has 19 heavy (non-hydrogen) atoms. The van der Waals surface area contributed by atoms with E-state index in [4.69, 9.17) is 9.84 Å². The molecule has 1 aromatic heterocycles. The van der Waals surface area contributed by atoms with Gasteiger partial charge in [-0.3, -0.25) is 4.79 Å². The molecule has 1 unspecified atom stereocenters. The first-order chi connectivity index (χ1) is 9.02. The van der Waals surface area contributed by atoms with Crippen molar-refractivity contribution in [3.05, 3.63) is 34.5 Å². The maximum atomic E-state index is 11.7. The van der Waals surface area contributed by atoms with Crippen LogP contribution in [0.25, 0.3) is 0 Å². The monoisotopic (exact) mass is 283 g/mol. The van der Waals surface area contributed by atoms with E-state index in [2.05, 4.69) is 11.9 Å². The first-order valence-corrected chi connectivity index (χ1v) is 6.60. The Morgan fingerprint density at radius 1 is 1.58 bits per heavy atom. The molecule has 6 heteroatoms. The summed E-state index contributed by atoms with van der Waals surface area (Å²) in [5.74, 6) is -1.43. The highest BCUT2D eigenvalue weighted by molar-refractivity contribution is 7.12. The van der Waals surface area contributed by atoms with Crippen molar-refractivity contribution in [1.82, 2.24) is 5.32 Å². The topological polar surface area (TPSA) is 75.6 Å². The van der Waals surface area contributed by atoms with E-state index in [-0.39, 0.29) is 25.5 Å². The fourth-order valence-electron chi connectivity index (χ4n) is 1.43. The highest BCUT2D eigenvalue weighted by Crippen LogP contribution is 2.15. The van der Waals surface area contributed by atoms with Crippen LogP contribution in [0.15, 0.2) is 24.8 Å². The van der Waals surface area contributed by atoms with Gasteiger partial charge in [-0.2, -0.15) is 0 Å². The summed E-state index contributed by atoms with van der Waals surface area (Å²) in [5.41, 5.74) is 0. The summed E-state index contributed by atoms with van der Waals surface area (Å²) in [7, 11) is 0. The van der Waals surface area contributed by atoms with Gasteiger partial charge in [0.2, 0.25) is 5.91 Å². The number of nitrogens with one attached hydrogen (secondary N) is 1. The van der Waals surface area contributed by atoms with Crippen molar-refractivity contribution in [2.45, 2.75) is 19.4 Å². The third-order valence-corrected chi connectivity index (χ3v) is 3.29. The lowest BCUT2D eigenvalue weighted by molar-refractivity contribution is -0.143. The molecule has 2 N–H and O–H groups in total. The lowest BCUT2D eigenvalue weighted by Crippen LogP contribution is -2.44. The lowest BCUT2D eigenvalue weighted by Gasteiger charge is -2.13. The van der Waals surface area contributed by atoms with Crippen molar-refractivity contribution in [2.75, 3.05) is 13.2 Å². The quantitative estimate of drug-likeness (QED) is 0.558. The molecule has 104 valence electrons. The Morgan fingerprint density at radius 2 is 2.32 bits per heavy atom. The smallest absolute Gasteiger partial charge is 0.328 e. The molecule has 0 fully saturated rings. The largest absolute Gasteiger partial charge is 0.480 e. The molecular weight excluding hydrogens is 266 g/mol. The van der Waals surface area contributed by atoms with E-state index >= 15 is 0 Å². The van der Waals surface area contributed by atoms with Crippen LogP contribution in [0.4, 0.5) is 0 Å². The summed E-state index contributed by atoms with van der Waals surface area (Å²) in [6.45, 7) is 5.60. The van der Waals surface area contributed by atoms with Crippen molar-refractivity contribution in [2.24, 2.45) is 0 Å². The molecule has 0 radical (unpaired) electrons. The van der Waals surface area contributed by atoms with E-state index in [9.17, 15) is 9.59 Å². The Balaban J connectivity index is 2.46. The first-order valence-electron chi connectivity index (χ1n) is 5.79. The van der Waals surface area contributed by atoms with Gasteiger partial charge >= 0.3 is 5.97 Å². The van der Waals surface area contributed by atoms with Gasteiger partial charge in [-0.25, -0.2) is 4.79 Å². The molecule has 0 saturated carbocycles. The second kappa shape index (κ2) is 7.70. The standard InChI is InChI=1S/C13H17NO4S/c1-3-6-18-8-11(13(16)17)14-12(15)7-10-5-4-9(2)19-10/h3-5,11H,1,6-8H2,2H3,(H,14,15)(H,16,17). The van der Waals surface area contributed by atoms with Gasteiger partial charge < -0.3 is 15.2 Å². The van der Waals surface area contributed by atoms with Crippen molar-refractivity contribution in [3.63, 3.8) is 0 Å². The van der Waals surface area contributed by atoms with Crippen LogP contribution in [0.1, 0.15) is 9.75 Å². The van der Waals surface area contributed by atoms with Crippen LogP contribution >= 0.6 is 11.3 Å². The van der Waals surface area contributed by atoms with Gasteiger partial charge in [0, 0.05) is 9.75 Å². The van der Waals surface area contributed by atoms with E-state index in [1.54, 1.807) is 0 Å². The maximum Gasteiger partial charge on any atom is 0.328 e. The van der Waals surface area contributed by atoms with Gasteiger partial charge in [0.05, 0.1) is 19.6 Å². The minimum Gasteiger partial charge on any atom is -0.480 e. The van der Waals surface area contributed by atoms with Gasteiger partial charge in [0.15, 0.2) is 6.04 Å². The fourth-order valence-corrected chi connectivity index (χ4v) is 2.32. The van der Waals surface area contributed by atoms with Crippen molar-refractivity contribution in [3.8, 4) is 0 Å². The highest BCUT2D eigenvalue weighted by atomic mass is 32.1. The molecule has 0 aliphatic heterocycles. The molecule has 0 bridgehead atoms. The predicted octanol–water partition coefficient (Wildman–Crippen LogP) is 1.37. The number of carboxylic acid groups (broad SMARTS) is 1. The number of carbonyl (C=O) groups is 2. The van der Waals surface area contributed by atoms with Gasteiger partial charge in [0.25, 0.3) is 0 Å². The van der Waals surface area contributed by atoms with Crippen molar-refractivity contribution >= 4 is 23.2 Å². The zero-order chi connectivity index (χ0) is 14.3. The summed E-state index contributed by atoms with van der Waals surface area (Å²) in [6.07, 6.45) is 1.71. The summed E-state index contributed by atoms with van der Waals surface area (Å²) in [6, 6.07) is 2.76. The number of hydrogen-bond donors (Lipinski definition) is 2. The summed E-state index contributed by atoms with van der Waals surface area (Å²) in [5, 5.41) is 11.4. The second-order valence-electron chi connectivity index (χ2n) is 3.97. The Morgan fingerprint density at radius 3 is 2.84 bits per heavy atom. The maximum absolute atomic E-state index is 11.7. The van der Waals surface area contributed by atoms with Crippen molar-refractivity contribution < 1.29 is 19.4 Å². The SMILES string of the molecule is C=CCOCC(NC(=O)Cc1ccc(C)s1)C(=O)O. The van der Waals surface area contributed by atoms with E-state index in [0.717, 1.165) is 9.75 Å². The number of carboxylic acids is 1. The first kappa shape index (κ1) is 15.4. The van der Waals surface area contributed by atoms with Gasteiger partial charge in [-0.1, -0.05) is 6.08 Å². The fraction of sp³-hybridized carbons (Fsp3) is 0.385. The molecule has 1 aromatic rings. The Bertz CT molecular complexity index is 455. The van der Waals surface area contributed by atoms with Gasteiger partial charge in [0.1, 0.15) is 0 Å². The molecule has 0 spiro atoms. The second-order valence-corrected chi connectivity index (χ2v) is 5.35. The molecule has 0 aromatic carbocycles. The molecular formula is C13H17NO4S. The minimum atomic E-state index is -1.11. The minimum absolute atomic E-state index is 0.0729. The van der Waals surface area contributed by atoms with Crippen LogP contribution in [0, 0.1) is 6.92 Å². The molecule has 1 atom stereocenters. The zero-order valence-corrected chi connectivity index (χ0v) is 11.5. The van der Waals surface area contributed by atoms with Crippen LogP contribution in [0.3, 0.4) is 0 Å². The number of thiophene rings is 1. The number of aryl methyl sites for hydroxylation is 1. The summed E-state index contributed by atoms with van der Waals surface area (Å²) >= 11 is 1.52. The molecule has 1 amide bonds. The van der Waals surface area contributed by atoms with E-state index in [1.165, 1.54) is 17.4 Å². The molecule has 0 aliphatic carbocycles. The Hall–Kier alpha value is -1.66. The average Bonchev–Trinajstić information content (AvgIpc) is 2.73. The van der Waals surface area contributed by atoms with E-state index in [1.807, 2.05) is 19.1 Å². The normalized spacial score (nSPS) is 11.8. The Kier molecular flexibility index (Phi) is 6.24. The molecule has 5 nitrogen and oxygen atoms in total. The third-order valence-electron chi connectivity index (χ3n) is 2.28. The number of rotatable bonds is 8. The molecule has 0 aliphatic rings. The van der Waals surface area contributed by atoms with Crippen LogP contribution in [0.2, 0.25) is 0 Å².